The molecule has 0 unspecified atom stereocenters. The van der Waals surface area contributed by atoms with E-state index >= 15 is 0 Å². The molecule has 0 radical (unpaired) electrons. The molecule has 2 aromatic heterocycles. The van der Waals surface area contributed by atoms with Gasteiger partial charge in [0.15, 0.2) is 5.65 Å². The predicted octanol–water partition coefficient (Wildman–Crippen LogP) is 2.69. The van der Waals surface area contributed by atoms with Crippen molar-refractivity contribution in [3.63, 3.8) is 0 Å². The Kier molecular flexibility index (Phi) is 2.70. The second-order valence-electron chi connectivity index (χ2n) is 5.68. The lowest BCUT2D eigenvalue weighted by atomic mass is 9.93. The second-order valence-corrected chi connectivity index (χ2v) is 5.68. The van der Waals surface area contributed by atoms with E-state index < -0.39 is 0 Å². The van der Waals surface area contributed by atoms with Gasteiger partial charge < -0.3 is 4.90 Å². The molecule has 1 saturated heterocycles. The van der Waals surface area contributed by atoms with Gasteiger partial charge in [-0.3, -0.25) is 4.40 Å². The number of imidazole rings is 1. The Labute approximate surface area is 118 Å². The number of hydrogen-bond donors (Lipinski definition) is 0. The minimum Gasteiger partial charge on any atom is -0.306 e. The average molecular weight is 266 g/mol. The van der Waals surface area contributed by atoms with E-state index in [0.717, 1.165) is 29.8 Å². The normalized spacial score (nSPS) is 18.1. The number of likely N-dealkylation sites (tertiary alicyclic amines) is 1. The molecule has 0 aliphatic carbocycles. The molecule has 0 amide bonds. The molecule has 3 aromatic rings. The first kappa shape index (κ1) is 11.9. The number of para-hydroxylation sites is 2. The lowest BCUT2D eigenvalue weighted by Crippen LogP contribution is -2.29. The van der Waals surface area contributed by atoms with E-state index in [2.05, 4.69) is 45.6 Å². The summed E-state index contributed by atoms with van der Waals surface area (Å²) in [5.41, 5.74) is 4.39. The molecular formula is C16H18N4. The van der Waals surface area contributed by atoms with Crippen molar-refractivity contribution in [1.29, 1.82) is 0 Å². The lowest BCUT2D eigenvalue weighted by Gasteiger charge is -2.28. The molecule has 3 heterocycles. The van der Waals surface area contributed by atoms with Crippen molar-refractivity contribution in [3.8, 4) is 0 Å². The van der Waals surface area contributed by atoms with Crippen molar-refractivity contribution < 1.29 is 0 Å². The van der Waals surface area contributed by atoms with Crippen LogP contribution in [0.5, 0.6) is 0 Å². The smallest absolute Gasteiger partial charge is 0.159 e. The molecular weight excluding hydrogens is 248 g/mol. The van der Waals surface area contributed by atoms with Crippen LogP contribution in [-0.4, -0.2) is 39.4 Å². The average Bonchev–Trinajstić information content (AvgIpc) is 2.97. The maximum Gasteiger partial charge on any atom is 0.159 e. The summed E-state index contributed by atoms with van der Waals surface area (Å²) in [4.78, 5) is 11.9. The third-order valence-corrected chi connectivity index (χ3v) is 4.36. The van der Waals surface area contributed by atoms with E-state index in [-0.39, 0.29) is 0 Å². The highest BCUT2D eigenvalue weighted by molar-refractivity contribution is 5.78. The van der Waals surface area contributed by atoms with E-state index in [1.807, 2.05) is 12.4 Å². The Morgan fingerprint density at radius 3 is 2.80 bits per heavy atom. The zero-order valence-corrected chi connectivity index (χ0v) is 11.7. The minimum atomic E-state index is 0.528. The van der Waals surface area contributed by atoms with Crippen molar-refractivity contribution in [2.24, 2.45) is 0 Å². The topological polar surface area (TPSA) is 33.4 Å². The molecule has 4 nitrogen and oxygen atoms in total. The second kappa shape index (κ2) is 4.56. The largest absolute Gasteiger partial charge is 0.306 e. The van der Waals surface area contributed by atoms with Gasteiger partial charge in [0, 0.05) is 18.3 Å². The highest BCUT2D eigenvalue weighted by atomic mass is 15.1. The number of benzene rings is 1. The van der Waals surface area contributed by atoms with Gasteiger partial charge in [0.05, 0.1) is 16.7 Å². The quantitative estimate of drug-likeness (QED) is 0.679. The van der Waals surface area contributed by atoms with Gasteiger partial charge in [-0.15, -0.1) is 0 Å². The first-order valence-corrected chi connectivity index (χ1v) is 7.23. The first-order valence-electron chi connectivity index (χ1n) is 7.23. The molecule has 0 saturated carbocycles. The minimum absolute atomic E-state index is 0.528. The summed E-state index contributed by atoms with van der Waals surface area (Å²) in [7, 11) is 2.19. The monoisotopic (exact) mass is 266 g/mol. The number of aromatic nitrogens is 3. The van der Waals surface area contributed by atoms with Gasteiger partial charge in [-0.1, -0.05) is 12.1 Å². The van der Waals surface area contributed by atoms with Gasteiger partial charge in [-0.25, -0.2) is 9.97 Å². The van der Waals surface area contributed by atoms with Crippen LogP contribution in [0.3, 0.4) is 0 Å². The molecule has 4 heteroatoms. The first-order chi connectivity index (χ1) is 9.83. The van der Waals surface area contributed by atoms with Crippen LogP contribution in [-0.2, 0) is 0 Å². The summed E-state index contributed by atoms with van der Waals surface area (Å²) in [6, 6.07) is 8.30. The van der Waals surface area contributed by atoms with Crippen LogP contribution in [0.15, 0.2) is 36.7 Å². The highest BCUT2D eigenvalue weighted by Gasteiger charge is 2.23. The Morgan fingerprint density at radius 2 is 1.95 bits per heavy atom. The molecule has 4 rings (SSSR count). The van der Waals surface area contributed by atoms with Crippen LogP contribution in [0.2, 0.25) is 0 Å². The van der Waals surface area contributed by atoms with Gasteiger partial charge >= 0.3 is 0 Å². The number of fused-ring (bicyclic) bond motifs is 3. The Morgan fingerprint density at radius 1 is 1.15 bits per heavy atom. The van der Waals surface area contributed by atoms with E-state index in [4.69, 9.17) is 4.98 Å². The number of piperidine rings is 1. The Balaban J connectivity index is 1.90. The fraction of sp³-hybridized carbons (Fsp3) is 0.375. The third-order valence-electron chi connectivity index (χ3n) is 4.36. The van der Waals surface area contributed by atoms with Crippen molar-refractivity contribution in [3.05, 3.63) is 42.4 Å². The third kappa shape index (κ3) is 1.79. The molecule has 102 valence electrons. The van der Waals surface area contributed by atoms with Crippen LogP contribution in [0.25, 0.3) is 16.7 Å². The van der Waals surface area contributed by atoms with E-state index in [1.165, 1.54) is 18.5 Å². The van der Waals surface area contributed by atoms with Crippen LogP contribution in [0.1, 0.15) is 24.5 Å². The molecule has 0 bridgehead atoms. The summed E-state index contributed by atoms with van der Waals surface area (Å²) < 4.78 is 2.18. The molecule has 0 atom stereocenters. The zero-order valence-electron chi connectivity index (χ0n) is 11.7. The Hall–Kier alpha value is -1.94. The molecule has 20 heavy (non-hydrogen) atoms. The van der Waals surface area contributed by atoms with Crippen molar-refractivity contribution in [2.45, 2.75) is 18.8 Å². The van der Waals surface area contributed by atoms with Crippen molar-refractivity contribution >= 4 is 16.7 Å². The zero-order chi connectivity index (χ0) is 13.5. The molecule has 0 spiro atoms. The lowest BCUT2D eigenvalue weighted by molar-refractivity contribution is 0.254. The molecule has 1 fully saturated rings. The summed E-state index contributed by atoms with van der Waals surface area (Å²) >= 11 is 0. The molecule has 1 aromatic carbocycles. The summed E-state index contributed by atoms with van der Waals surface area (Å²) in [5.74, 6) is 0.528. The number of nitrogens with zero attached hydrogens (tertiary/aromatic N) is 4. The fourth-order valence-corrected chi connectivity index (χ4v) is 3.19. The Bertz CT molecular complexity index is 753. The summed E-state index contributed by atoms with van der Waals surface area (Å²) in [5, 5.41) is 0. The fourth-order valence-electron chi connectivity index (χ4n) is 3.19. The molecule has 1 aliphatic heterocycles. The van der Waals surface area contributed by atoms with E-state index in [1.54, 1.807) is 0 Å². The van der Waals surface area contributed by atoms with E-state index in [9.17, 15) is 0 Å². The SMILES string of the molecule is CN1CCC(c2nc3ccccc3n3ccnc23)CC1. The predicted molar refractivity (Wildman–Crippen MR) is 80.0 cm³/mol. The summed E-state index contributed by atoms with van der Waals surface area (Å²) in [6.07, 6.45) is 6.26. The molecule has 1 aliphatic rings. The van der Waals surface area contributed by atoms with Crippen LogP contribution >= 0.6 is 0 Å². The number of rotatable bonds is 1. The maximum absolute atomic E-state index is 4.92. The van der Waals surface area contributed by atoms with Crippen molar-refractivity contribution in [2.75, 3.05) is 20.1 Å². The standard InChI is InChI=1S/C16H18N4/c1-19-9-6-12(7-10-19)15-16-17-8-11-20(16)14-5-3-2-4-13(14)18-15/h2-5,8,11-12H,6-7,9-10H2,1H3. The summed E-state index contributed by atoms with van der Waals surface area (Å²) in [6.45, 7) is 2.29. The van der Waals surface area contributed by atoms with Gasteiger partial charge in [0.1, 0.15) is 0 Å². The van der Waals surface area contributed by atoms with E-state index in [0.29, 0.717) is 5.92 Å². The number of hydrogen-bond acceptors (Lipinski definition) is 3. The van der Waals surface area contributed by atoms with Gasteiger partial charge in [-0.05, 0) is 45.1 Å². The van der Waals surface area contributed by atoms with Gasteiger partial charge in [0.2, 0.25) is 0 Å². The van der Waals surface area contributed by atoms with Crippen LogP contribution in [0.4, 0.5) is 0 Å². The van der Waals surface area contributed by atoms with Crippen LogP contribution in [0, 0.1) is 0 Å². The van der Waals surface area contributed by atoms with Crippen LogP contribution < -0.4 is 0 Å². The van der Waals surface area contributed by atoms with Gasteiger partial charge in [0.25, 0.3) is 0 Å². The van der Waals surface area contributed by atoms with Gasteiger partial charge in [-0.2, -0.15) is 0 Å². The maximum atomic E-state index is 4.92. The van der Waals surface area contributed by atoms with Crippen molar-refractivity contribution in [1.82, 2.24) is 19.3 Å². The molecule has 0 N–H and O–H groups in total. The highest BCUT2D eigenvalue weighted by Crippen LogP contribution is 2.30.